The van der Waals surface area contributed by atoms with Gasteiger partial charge in [0.05, 0.1) is 10.6 Å². The van der Waals surface area contributed by atoms with Crippen LogP contribution >= 0.6 is 0 Å². The molecular formula is C23H30F2N2O2. The average molecular weight is 405 g/mol. The zero-order chi connectivity index (χ0) is 21.8. The van der Waals surface area contributed by atoms with Gasteiger partial charge in [0.2, 0.25) is 0 Å². The quantitative estimate of drug-likeness (QED) is 0.306. The normalized spacial score (nSPS) is 19.2. The van der Waals surface area contributed by atoms with Gasteiger partial charge in [-0.1, -0.05) is 51.6 Å². The maximum atomic E-state index is 13.4. The monoisotopic (exact) mass is 404 g/mol. The number of rotatable bonds is 9. The molecule has 1 aromatic rings. The summed E-state index contributed by atoms with van der Waals surface area (Å²) >= 11 is 0. The van der Waals surface area contributed by atoms with Crippen molar-refractivity contribution in [2.24, 2.45) is 5.92 Å². The molecule has 0 radical (unpaired) electrons. The molecular weight excluding hydrogens is 374 g/mol. The second-order valence-corrected chi connectivity index (χ2v) is 8.17. The van der Waals surface area contributed by atoms with Crippen molar-refractivity contribution in [2.45, 2.75) is 64.8 Å². The van der Waals surface area contributed by atoms with E-state index in [1.165, 1.54) is 6.08 Å². The van der Waals surface area contributed by atoms with E-state index < -0.39 is 16.4 Å². The van der Waals surface area contributed by atoms with Gasteiger partial charge in [0.15, 0.2) is 0 Å². The van der Waals surface area contributed by atoms with Crippen molar-refractivity contribution >= 4 is 5.57 Å². The number of hydrogen-bond acceptors (Lipinski definition) is 3. The predicted octanol–water partition coefficient (Wildman–Crippen LogP) is 6.13. The van der Waals surface area contributed by atoms with Crippen LogP contribution in [0.1, 0.15) is 58.1 Å². The van der Waals surface area contributed by atoms with E-state index in [9.17, 15) is 18.9 Å². The minimum atomic E-state index is -2.72. The van der Waals surface area contributed by atoms with Gasteiger partial charge in [0.1, 0.15) is 0 Å². The molecule has 1 N–H and O–H groups in total. The molecule has 0 saturated heterocycles. The van der Waals surface area contributed by atoms with Crippen molar-refractivity contribution in [3.8, 4) is 0 Å². The predicted molar refractivity (Wildman–Crippen MR) is 113 cm³/mol. The van der Waals surface area contributed by atoms with E-state index in [0.717, 1.165) is 17.5 Å². The maximum Gasteiger partial charge on any atom is 0.288 e. The SMILES string of the molecule is C=C(/C=C\C(=C(\NC1(C)CC(F)(F)C1)C(C)CC)[N+](=O)[O-])c1cccc(CC)c1. The number of benzene rings is 1. The van der Waals surface area contributed by atoms with E-state index in [-0.39, 0.29) is 24.5 Å². The van der Waals surface area contributed by atoms with Gasteiger partial charge in [-0.05, 0) is 42.5 Å². The van der Waals surface area contributed by atoms with Crippen LogP contribution < -0.4 is 5.32 Å². The number of halogens is 2. The summed E-state index contributed by atoms with van der Waals surface area (Å²) < 4.78 is 26.8. The minimum Gasteiger partial charge on any atom is -0.377 e. The van der Waals surface area contributed by atoms with Crippen LogP contribution in [0.3, 0.4) is 0 Å². The number of allylic oxidation sites excluding steroid dienone is 4. The number of hydrogen-bond donors (Lipinski definition) is 1. The van der Waals surface area contributed by atoms with Crippen LogP contribution in [-0.2, 0) is 6.42 Å². The molecule has 0 amide bonds. The number of nitrogens with zero attached hydrogens (tertiary/aromatic N) is 1. The zero-order valence-electron chi connectivity index (χ0n) is 17.6. The Labute approximate surface area is 171 Å². The third kappa shape index (κ3) is 5.75. The molecule has 0 heterocycles. The average Bonchev–Trinajstić information content (AvgIpc) is 2.64. The molecule has 0 spiro atoms. The Morgan fingerprint density at radius 2 is 2.00 bits per heavy atom. The van der Waals surface area contributed by atoms with E-state index in [4.69, 9.17) is 0 Å². The summed E-state index contributed by atoms with van der Waals surface area (Å²) in [6.07, 6.45) is 3.93. The highest BCUT2D eigenvalue weighted by Crippen LogP contribution is 2.46. The summed E-state index contributed by atoms with van der Waals surface area (Å²) in [6.45, 7) is 11.5. The van der Waals surface area contributed by atoms with Crippen LogP contribution in [0, 0.1) is 16.0 Å². The first-order valence-corrected chi connectivity index (χ1v) is 10.0. The lowest BCUT2D eigenvalue weighted by atomic mass is 9.74. The first kappa shape index (κ1) is 22.8. The lowest BCUT2D eigenvalue weighted by Crippen LogP contribution is -2.59. The fourth-order valence-electron chi connectivity index (χ4n) is 3.66. The van der Waals surface area contributed by atoms with Crippen LogP contribution in [0.15, 0.2) is 54.4 Å². The van der Waals surface area contributed by atoms with E-state index in [2.05, 4.69) is 18.8 Å². The van der Waals surface area contributed by atoms with Crippen LogP contribution in [0.4, 0.5) is 8.78 Å². The molecule has 4 nitrogen and oxygen atoms in total. The van der Waals surface area contributed by atoms with Gasteiger partial charge in [0.25, 0.3) is 11.6 Å². The second kappa shape index (κ2) is 8.89. The molecule has 1 fully saturated rings. The van der Waals surface area contributed by atoms with Gasteiger partial charge in [0, 0.05) is 30.4 Å². The number of alkyl halides is 2. The molecule has 1 aromatic carbocycles. The number of aryl methyl sites for hydroxylation is 1. The molecule has 1 aliphatic rings. The first-order valence-electron chi connectivity index (χ1n) is 10.0. The Morgan fingerprint density at radius 3 is 2.52 bits per heavy atom. The highest BCUT2D eigenvalue weighted by molar-refractivity contribution is 5.72. The summed E-state index contributed by atoms with van der Waals surface area (Å²) in [5.74, 6) is -2.88. The van der Waals surface area contributed by atoms with Crippen molar-refractivity contribution < 1.29 is 13.7 Å². The van der Waals surface area contributed by atoms with Crippen molar-refractivity contribution in [1.29, 1.82) is 0 Å². The highest BCUT2D eigenvalue weighted by Gasteiger charge is 2.54. The topological polar surface area (TPSA) is 55.2 Å². The van der Waals surface area contributed by atoms with E-state index in [1.54, 1.807) is 13.0 Å². The number of nitrogens with one attached hydrogen (secondary N) is 1. The molecule has 2 rings (SSSR count). The highest BCUT2D eigenvalue weighted by atomic mass is 19.3. The molecule has 29 heavy (non-hydrogen) atoms. The van der Waals surface area contributed by atoms with E-state index >= 15 is 0 Å². The van der Waals surface area contributed by atoms with Crippen molar-refractivity contribution in [1.82, 2.24) is 5.32 Å². The van der Waals surface area contributed by atoms with Crippen LogP contribution in [0.2, 0.25) is 0 Å². The minimum absolute atomic E-state index is 0.108. The van der Waals surface area contributed by atoms with Gasteiger partial charge in [-0.2, -0.15) is 0 Å². The molecule has 1 saturated carbocycles. The summed E-state index contributed by atoms with van der Waals surface area (Å²) in [7, 11) is 0. The van der Waals surface area contributed by atoms with Crippen molar-refractivity contribution in [2.75, 3.05) is 0 Å². The summed E-state index contributed by atoms with van der Waals surface area (Å²) in [6, 6.07) is 7.87. The lowest BCUT2D eigenvalue weighted by Gasteiger charge is -2.46. The van der Waals surface area contributed by atoms with Gasteiger partial charge in [-0.25, -0.2) is 8.78 Å². The Hall–Kier alpha value is -2.50. The van der Waals surface area contributed by atoms with E-state index in [1.807, 2.05) is 38.1 Å². The van der Waals surface area contributed by atoms with Crippen molar-refractivity contribution in [3.63, 3.8) is 0 Å². The molecule has 1 aliphatic carbocycles. The lowest BCUT2D eigenvalue weighted by molar-refractivity contribution is -0.421. The maximum absolute atomic E-state index is 13.4. The number of nitro groups is 1. The standard InChI is InChI=1S/C23H30F2N2O2/c1-6-16(3)21(26-22(5)14-23(24,25)15-22)20(27(28)29)12-11-17(4)19-10-8-9-18(7-2)13-19/h8-13,16,26H,4,6-7,14-15H2,1-3,5H3/b12-11-,21-20-. The molecule has 0 bridgehead atoms. The fourth-order valence-corrected chi connectivity index (χ4v) is 3.66. The summed E-state index contributed by atoms with van der Waals surface area (Å²) in [4.78, 5) is 11.4. The van der Waals surface area contributed by atoms with Gasteiger partial charge in [-0.15, -0.1) is 0 Å². The van der Waals surface area contributed by atoms with Crippen molar-refractivity contribution in [3.05, 3.63) is 75.6 Å². The largest absolute Gasteiger partial charge is 0.377 e. The zero-order valence-corrected chi connectivity index (χ0v) is 17.6. The Bertz CT molecular complexity index is 835. The molecule has 6 heteroatoms. The smallest absolute Gasteiger partial charge is 0.288 e. The van der Waals surface area contributed by atoms with Crippen LogP contribution in [-0.4, -0.2) is 16.4 Å². The third-order valence-electron chi connectivity index (χ3n) is 5.46. The molecule has 1 atom stereocenters. The van der Waals surface area contributed by atoms with Crippen LogP contribution in [0.25, 0.3) is 5.57 Å². The summed E-state index contributed by atoms with van der Waals surface area (Å²) in [5.41, 5.74) is 2.15. The molecule has 1 unspecified atom stereocenters. The van der Waals surface area contributed by atoms with Gasteiger partial charge >= 0.3 is 0 Å². The third-order valence-corrected chi connectivity index (χ3v) is 5.46. The fraction of sp³-hybridized carbons (Fsp3) is 0.478. The van der Waals surface area contributed by atoms with Gasteiger partial charge < -0.3 is 5.32 Å². The Kier molecular flexibility index (Phi) is 6.98. The molecule has 0 aliphatic heterocycles. The summed E-state index contributed by atoms with van der Waals surface area (Å²) in [5, 5.41) is 14.9. The second-order valence-electron chi connectivity index (χ2n) is 8.17. The Balaban J connectivity index is 2.35. The van der Waals surface area contributed by atoms with Gasteiger partial charge in [-0.3, -0.25) is 10.1 Å². The Morgan fingerprint density at radius 1 is 1.34 bits per heavy atom. The van der Waals surface area contributed by atoms with E-state index in [0.29, 0.717) is 17.7 Å². The van der Waals surface area contributed by atoms with Crippen LogP contribution in [0.5, 0.6) is 0 Å². The first-order chi connectivity index (χ1) is 13.5. The molecule has 158 valence electrons. The molecule has 0 aromatic heterocycles.